The van der Waals surface area contributed by atoms with Gasteiger partial charge in [0.25, 0.3) is 5.91 Å². The highest BCUT2D eigenvalue weighted by Crippen LogP contribution is 2.34. The molecular weight excluding hydrogens is 459 g/mol. The van der Waals surface area contributed by atoms with Crippen molar-refractivity contribution in [1.29, 1.82) is 5.26 Å². The molecule has 5 nitrogen and oxygen atoms in total. The second-order valence-electron chi connectivity index (χ2n) is 7.33. The predicted octanol–water partition coefficient (Wildman–Crippen LogP) is 6.74. The van der Waals surface area contributed by atoms with E-state index >= 15 is 0 Å². The van der Waals surface area contributed by atoms with Crippen LogP contribution in [-0.2, 0) is 11.4 Å². The highest BCUT2D eigenvalue weighted by molar-refractivity contribution is 6.35. The summed E-state index contributed by atoms with van der Waals surface area (Å²) in [6.07, 6.45) is 1.47. The Morgan fingerprint density at radius 3 is 2.55 bits per heavy atom. The van der Waals surface area contributed by atoms with Crippen molar-refractivity contribution in [1.82, 2.24) is 0 Å². The van der Waals surface area contributed by atoms with E-state index in [1.807, 2.05) is 32.0 Å². The molecular formula is C26H22Cl2N2O3. The highest BCUT2D eigenvalue weighted by Gasteiger charge is 2.15. The lowest BCUT2D eigenvalue weighted by molar-refractivity contribution is -0.112. The number of halogens is 2. The fourth-order valence-electron chi connectivity index (χ4n) is 3.07. The molecule has 33 heavy (non-hydrogen) atoms. The molecule has 3 rings (SSSR count). The van der Waals surface area contributed by atoms with Gasteiger partial charge in [0.05, 0.1) is 7.11 Å². The van der Waals surface area contributed by atoms with Crippen molar-refractivity contribution in [2.75, 3.05) is 12.4 Å². The van der Waals surface area contributed by atoms with Crippen LogP contribution < -0.4 is 14.8 Å². The van der Waals surface area contributed by atoms with E-state index in [2.05, 4.69) is 5.32 Å². The first kappa shape index (κ1) is 24.2. The summed E-state index contributed by atoms with van der Waals surface area (Å²) in [5.41, 5.74) is 3.95. The molecule has 7 heteroatoms. The van der Waals surface area contributed by atoms with E-state index in [1.54, 1.807) is 42.5 Å². The number of para-hydroxylation sites is 1. The third kappa shape index (κ3) is 6.07. The molecule has 0 saturated carbocycles. The SMILES string of the molecule is COc1cccc(C=C(C#N)C(=O)Nc2ccc(C)c(C)c2)c1OCc1ccc(Cl)cc1Cl. The van der Waals surface area contributed by atoms with Gasteiger partial charge in [-0.25, -0.2) is 0 Å². The fourth-order valence-corrected chi connectivity index (χ4v) is 3.54. The van der Waals surface area contributed by atoms with E-state index < -0.39 is 5.91 Å². The maximum absolute atomic E-state index is 12.8. The maximum Gasteiger partial charge on any atom is 0.266 e. The second kappa shape index (κ2) is 10.9. The van der Waals surface area contributed by atoms with Gasteiger partial charge in [-0.2, -0.15) is 5.26 Å². The molecule has 0 aliphatic carbocycles. The van der Waals surface area contributed by atoms with Crippen molar-refractivity contribution >= 4 is 40.9 Å². The standard InChI is InChI=1S/C26H22Cl2N2O3/c1-16-7-10-22(11-17(16)2)30-26(31)20(14-29)12-18-5-4-6-24(32-3)25(18)33-15-19-8-9-21(27)13-23(19)28/h4-13H,15H2,1-3H3,(H,30,31). The molecule has 0 heterocycles. The zero-order chi connectivity index (χ0) is 24.0. The molecule has 0 unspecified atom stereocenters. The average molecular weight is 481 g/mol. The molecule has 0 aliphatic heterocycles. The van der Waals surface area contributed by atoms with E-state index in [-0.39, 0.29) is 12.2 Å². The van der Waals surface area contributed by atoms with E-state index in [4.69, 9.17) is 32.7 Å². The molecule has 0 spiro atoms. The third-order valence-electron chi connectivity index (χ3n) is 5.05. The van der Waals surface area contributed by atoms with E-state index in [0.29, 0.717) is 32.8 Å². The number of aryl methyl sites for hydroxylation is 2. The van der Waals surface area contributed by atoms with Crippen LogP contribution in [0, 0.1) is 25.2 Å². The van der Waals surface area contributed by atoms with Crippen LogP contribution in [0.25, 0.3) is 6.08 Å². The molecule has 0 saturated heterocycles. The largest absolute Gasteiger partial charge is 0.493 e. The Labute approximate surface area is 203 Å². The Kier molecular flexibility index (Phi) is 8.00. The van der Waals surface area contributed by atoms with Gasteiger partial charge < -0.3 is 14.8 Å². The number of nitrogens with one attached hydrogen (secondary N) is 1. The summed E-state index contributed by atoms with van der Waals surface area (Å²) in [5.74, 6) is 0.328. The topological polar surface area (TPSA) is 71.3 Å². The van der Waals surface area contributed by atoms with Gasteiger partial charge in [0, 0.05) is 26.9 Å². The van der Waals surface area contributed by atoms with Crippen LogP contribution in [0.5, 0.6) is 11.5 Å². The van der Waals surface area contributed by atoms with E-state index in [1.165, 1.54) is 13.2 Å². The van der Waals surface area contributed by atoms with Crippen LogP contribution in [0.1, 0.15) is 22.3 Å². The Morgan fingerprint density at radius 1 is 1.09 bits per heavy atom. The lowest BCUT2D eigenvalue weighted by Gasteiger charge is -2.14. The van der Waals surface area contributed by atoms with Crippen molar-refractivity contribution in [2.24, 2.45) is 0 Å². The summed E-state index contributed by atoms with van der Waals surface area (Å²) in [7, 11) is 1.52. The number of methoxy groups -OCH3 is 1. The van der Waals surface area contributed by atoms with Crippen LogP contribution in [-0.4, -0.2) is 13.0 Å². The molecule has 1 N–H and O–H groups in total. The number of rotatable bonds is 7. The Balaban J connectivity index is 1.89. The van der Waals surface area contributed by atoms with Crippen molar-refractivity contribution in [3.63, 3.8) is 0 Å². The van der Waals surface area contributed by atoms with Gasteiger partial charge in [-0.3, -0.25) is 4.79 Å². The van der Waals surface area contributed by atoms with Gasteiger partial charge in [-0.15, -0.1) is 0 Å². The first-order chi connectivity index (χ1) is 15.8. The van der Waals surface area contributed by atoms with Gasteiger partial charge in [0.15, 0.2) is 11.5 Å². The van der Waals surface area contributed by atoms with Crippen LogP contribution in [0.15, 0.2) is 60.2 Å². The Hall–Kier alpha value is -3.46. The number of anilines is 1. The summed E-state index contributed by atoms with van der Waals surface area (Å²) in [6, 6.07) is 17.9. The Morgan fingerprint density at radius 2 is 1.88 bits per heavy atom. The number of nitrogens with zero attached hydrogens (tertiary/aromatic N) is 1. The van der Waals surface area contributed by atoms with Crippen molar-refractivity contribution in [2.45, 2.75) is 20.5 Å². The number of ether oxygens (including phenoxy) is 2. The lowest BCUT2D eigenvalue weighted by atomic mass is 10.1. The zero-order valence-electron chi connectivity index (χ0n) is 18.4. The number of nitriles is 1. The molecule has 0 fully saturated rings. The molecule has 168 valence electrons. The van der Waals surface area contributed by atoms with Crippen molar-refractivity contribution in [3.05, 3.63) is 92.5 Å². The van der Waals surface area contributed by atoms with Crippen molar-refractivity contribution in [3.8, 4) is 17.6 Å². The summed E-state index contributed by atoms with van der Waals surface area (Å²) >= 11 is 12.2. The van der Waals surface area contributed by atoms with Gasteiger partial charge >= 0.3 is 0 Å². The molecule has 0 radical (unpaired) electrons. The predicted molar refractivity (Wildman–Crippen MR) is 132 cm³/mol. The highest BCUT2D eigenvalue weighted by atomic mass is 35.5. The summed E-state index contributed by atoms with van der Waals surface area (Å²) in [5, 5.41) is 13.4. The number of hydrogen-bond acceptors (Lipinski definition) is 4. The minimum Gasteiger partial charge on any atom is -0.493 e. The van der Waals surface area contributed by atoms with Crippen LogP contribution in [0.2, 0.25) is 10.0 Å². The molecule has 1 amide bonds. The Bertz CT molecular complexity index is 1260. The van der Waals surface area contributed by atoms with Gasteiger partial charge in [0.2, 0.25) is 0 Å². The molecule has 3 aromatic rings. The first-order valence-electron chi connectivity index (χ1n) is 10.1. The molecule has 0 aromatic heterocycles. The monoisotopic (exact) mass is 480 g/mol. The maximum atomic E-state index is 12.8. The number of hydrogen-bond donors (Lipinski definition) is 1. The molecule has 0 aliphatic rings. The second-order valence-corrected chi connectivity index (χ2v) is 8.17. The van der Waals surface area contributed by atoms with Gasteiger partial charge in [-0.05, 0) is 61.4 Å². The van der Waals surface area contributed by atoms with Gasteiger partial charge in [-0.1, -0.05) is 47.5 Å². The lowest BCUT2D eigenvalue weighted by Crippen LogP contribution is -2.13. The van der Waals surface area contributed by atoms with E-state index in [0.717, 1.165) is 16.7 Å². The third-order valence-corrected chi connectivity index (χ3v) is 5.63. The summed E-state index contributed by atoms with van der Waals surface area (Å²) < 4.78 is 11.4. The van der Waals surface area contributed by atoms with Gasteiger partial charge in [0.1, 0.15) is 18.2 Å². The summed E-state index contributed by atoms with van der Waals surface area (Å²) in [6.45, 7) is 4.09. The minimum atomic E-state index is -0.518. The number of carbonyl (C=O) groups is 1. The van der Waals surface area contributed by atoms with Crippen molar-refractivity contribution < 1.29 is 14.3 Å². The normalized spacial score (nSPS) is 11.0. The number of amides is 1. The number of benzene rings is 3. The minimum absolute atomic E-state index is 0.0733. The van der Waals surface area contributed by atoms with Crippen LogP contribution >= 0.6 is 23.2 Å². The molecule has 0 atom stereocenters. The van der Waals surface area contributed by atoms with Crippen LogP contribution in [0.4, 0.5) is 5.69 Å². The zero-order valence-corrected chi connectivity index (χ0v) is 19.9. The summed E-state index contributed by atoms with van der Waals surface area (Å²) in [4.78, 5) is 12.8. The molecule has 3 aromatic carbocycles. The fraction of sp³-hybridized carbons (Fsp3) is 0.154. The van der Waals surface area contributed by atoms with Crippen LogP contribution in [0.3, 0.4) is 0 Å². The quantitative estimate of drug-likeness (QED) is 0.300. The number of carbonyl (C=O) groups excluding carboxylic acids is 1. The average Bonchev–Trinajstić information content (AvgIpc) is 2.79. The molecule has 0 bridgehead atoms. The smallest absolute Gasteiger partial charge is 0.266 e. The van der Waals surface area contributed by atoms with E-state index in [9.17, 15) is 10.1 Å². The first-order valence-corrected chi connectivity index (χ1v) is 10.8.